The summed E-state index contributed by atoms with van der Waals surface area (Å²) in [6.45, 7) is 4.11. The SMILES string of the molecule is c1cc(CCOCCC2CCNCC2)ccn1. The minimum Gasteiger partial charge on any atom is -0.381 e. The van der Waals surface area contributed by atoms with E-state index in [1.165, 1.54) is 37.9 Å². The Morgan fingerprint density at radius 1 is 1.18 bits per heavy atom. The maximum absolute atomic E-state index is 5.70. The van der Waals surface area contributed by atoms with Crippen molar-refractivity contribution in [3.8, 4) is 0 Å². The van der Waals surface area contributed by atoms with Gasteiger partial charge in [-0.2, -0.15) is 0 Å². The fraction of sp³-hybridized carbons (Fsp3) is 0.643. The summed E-state index contributed by atoms with van der Waals surface area (Å²) in [6.07, 6.45) is 8.52. The summed E-state index contributed by atoms with van der Waals surface area (Å²) in [5.41, 5.74) is 1.31. The monoisotopic (exact) mass is 234 g/mol. The van der Waals surface area contributed by atoms with Crippen LogP contribution in [0.1, 0.15) is 24.8 Å². The Morgan fingerprint density at radius 3 is 2.71 bits per heavy atom. The molecule has 1 aliphatic rings. The molecule has 17 heavy (non-hydrogen) atoms. The molecular formula is C14H22N2O. The number of piperidine rings is 1. The molecular weight excluding hydrogens is 212 g/mol. The van der Waals surface area contributed by atoms with Crippen LogP contribution in [-0.2, 0) is 11.2 Å². The van der Waals surface area contributed by atoms with Crippen LogP contribution in [0.3, 0.4) is 0 Å². The van der Waals surface area contributed by atoms with Crippen LogP contribution in [0.25, 0.3) is 0 Å². The van der Waals surface area contributed by atoms with Gasteiger partial charge in [0.2, 0.25) is 0 Å². The van der Waals surface area contributed by atoms with E-state index in [0.29, 0.717) is 0 Å². The van der Waals surface area contributed by atoms with Crippen LogP contribution in [0.15, 0.2) is 24.5 Å². The van der Waals surface area contributed by atoms with Crippen molar-refractivity contribution >= 4 is 0 Å². The molecule has 1 aromatic heterocycles. The largest absolute Gasteiger partial charge is 0.381 e. The van der Waals surface area contributed by atoms with E-state index in [9.17, 15) is 0 Å². The third kappa shape index (κ3) is 4.84. The van der Waals surface area contributed by atoms with E-state index in [0.717, 1.165) is 25.6 Å². The second kappa shape index (κ2) is 7.41. The van der Waals surface area contributed by atoms with E-state index in [2.05, 4.69) is 22.4 Å². The van der Waals surface area contributed by atoms with E-state index in [1.54, 1.807) is 0 Å². The first-order valence-corrected chi connectivity index (χ1v) is 6.62. The lowest BCUT2D eigenvalue weighted by molar-refractivity contribution is 0.117. The van der Waals surface area contributed by atoms with E-state index in [4.69, 9.17) is 4.74 Å². The number of hydrogen-bond acceptors (Lipinski definition) is 3. The fourth-order valence-corrected chi connectivity index (χ4v) is 2.26. The molecule has 0 atom stereocenters. The van der Waals surface area contributed by atoms with Gasteiger partial charge < -0.3 is 10.1 Å². The van der Waals surface area contributed by atoms with E-state index >= 15 is 0 Å². The summed E-state index contributed by atoms with van der Waals surface area (Å²) in [6, 6.07) is 4.10. The van der Waals surface area contributed by atoms with Gasteiger partial charge in [0.1, 0.15) is 0 Å². The lowest BCUT2D eigenvalue weighted by Crippen LogP contribution is -2.28. The minimum absolute atomic E-state index is 0.828. The van der Waals surface area contributed by atoms with Crippen LogP contribution < -0.4 is 5.32 Å². The molecule has 1 aromatic rings. The molecule has 0 spiro atoms. The topological polar surface area (TPSA) is 34.1 Å². The summed E-state index contributed by atoms with van der Waals surface area (Å²) in [5.74, 6) is 0.872. The predicted molar refractivity (Wildman–Crippen MR) is 69.0 cm³/mol. The molecule has 2 rings (SSSR count). The third-order valence-corrected chi connectivity index (χ3v) is 3.41. The number of pyridine rings is 1. The van der Waals surface area contributed by atoms with E-state index < -0.39 is 0 Å². The Morgan fingerprint density at radius 2 is 1.94 bits per heavy atom. The summed E-state index contributed by atoms with van der Waals surface area (Å²) in [5, 5.41) is 3.39. The van der Waals surface area contributed by atoms with Gasteiger partial charge in [-0.1, -0.05) is 0 Å². The highest BCUT2D eigenvalue weighted by atomic mass is 16.5. The molecule has 0 radical (unpaired) electrons. The van der Waals surface area contributed by atoms with Crippen molar-refractivity contribution in [3.63, 3.8) is 0 Å². The molecule has 94 valence electrons. The van der Waals surface area contributed by atoms with Gasteiger partial charge in [0.25, 0.3) is 0 Å². The van der Waals surface area contributed by atoms with Gasteiger partial charge in [0.05, 0.1) is 6.61 Å². The normalized spacial score (nSPS) is 17.2. The quantitative estimate of drug-likeness (QED) is 0.765. The van der Waals surface area contributed by atoms with Crippen molar-refractivity contribution in [2.45, 2.75) is 25.7 Å². The molecule has 2 heterocycles. The molecule has 0 unspecified atom stereocenters. The van der Waals surface area contributed by atoms with Crippen molar-refractivity contribution in [2.75, 3.05) is 26.3 Å². The lowest BCUT2D eigenvalue weighted by atomic mass is 9.95. The molecule has 0 amide bonds. The highest BCUT2D eigenvalue weighted by Crippen LogP contribution is 2.15. The van der Waals surface area contributed by atoms with E-state index in [-0.39, 0.29) is 0 Å². The average molecular weight is 234 g/mol. The number of rotatable bonds is 6. The minimum atomic E-state index is 0.828. The second-order valence-corrected chi connectivity index (χ2v) is 4.70. The maximum Gasteiger partial charge on any atom is 0.0506 e. The molecule has 0 bridgehead atoms. The van der Waals surface area contributed by atoms with Crippen LogP contribution in [0, 0.1) is 5.92 Å². The molecule has 0 aliphatic carbocycles. The van der Waals surface area contributed by atoms with Gasteiger partial charge >= 0.3 is 0 Å². The Balaban J connectivity index is 1.51. The van der Waals surface area contributed by atoms with Crippen molar-refractivity contribution in [1.29, 1.82) is 0 Å². The smallest absolute Gasteiger partial charge is 0.0506 e. The van der Waals surface area contributed by atoms with E-state index in [1.807, 2.05) is 12.4 Å². The molecule has 0 saturated carbocycles. The Bertz CT molecular complexity index is 296. The van der Waals surface area contributed by atoms with Crippen molar-refractivity contribution in [2.24, 2.45) is 5.92 Å². The van der Waals surface area contributed by atoms with Crippen molar-refractivity contribution < 1.29 is 4.74 Å². The number of nitrogens with one attached hydrogen (secondary N) is 1. The second-order valence-electron chi connectivity index (χ2n) is 4.70. The zero-order chi connectivity index (χ0) is 11.8. The first-order chi connectivity index (χ1) is 8.45. The van der Waals surface area contributed by atoms with Gasteiger partial charge in [-0.3, -0.25) is 4.98 Å². The molecule has 3 heteroatoms. The van der Waals surface area contributed by atoms with Crippen molar-refractivity contribution in [1.82, 2.24) is 10.3 Å². The first-order valence-electron chi connectivity index (χ1n) is 6.62. The highest BCUT2D eigenvalue weighted by Gasteiger charge is 2.11. The summed E-state index contributed by atoms with van der Waals surface area (Å²) in [4.78, 5) is 4.00. The number of hydrogen-bond donors (Lipinski definition) is 1. The Kier molecular flexibility index (Phi) is 5.46. The standard InChI is InChI=1S/C14H22N2O/c1-7-15-8-2-13(1)5-11-17-12-6-14-3-9-16-10-4-14/h1-2,7-8,14,16H,3-6,9-12H2. The maximum atomic E-state index is 5.70. The van der Waals surface area contributed by atoms with Gasteiger partial charge in [-0.25, -0.2) is 0 Å². The van der Waals surface area contributed by atoms with Crippen LogP contribution in [0.4, 0.5) is 0 Å². The Hall–Kier alpha value is -0.930. The predicted octanol–water partition coefficient (Wildman–Crippen LogP) is 2.03. The summed E-state index contributed by atoms with van der Waals surface area (Å²) in [7, 11) is 0. The average Bonchev–Trinajstić information content (AvgIpc) is 2.41. The number of aromatic nitrogens is 1. The van der Waals surface area contributed by atoms with Crippen LogP contribution in [0.2, 0.25) is 0 Å². The molecule has 3 nitrogen and oxygen atoms in total. The van der Waals surface area contributed by atoms with Gasteiger partial charge in [0, 0.05) is 19.0 Å². The Labute approximate surface area is 104 Å². The zero-order valence-corrected chi connectivity index (χ0v) is 10.4. The van der Waals surface area contributed by atoms with Crippen LogP contribution >= 0.6 is 0 Å². The van der Waals surface area contributed by atoms with Crippen molar-refractivity contribution in [3.05, 3.63) is 30.1 Å². The van der Waals surface area contributed by atoms with Crippen LogP contribution in [-0.4, -0.2) is 31.3 Å². The highest BCUT2D eigenvalue weighted by molar-refractivity contribution is 5.09. The summed E-state index contributed by atoms with van der Waals surface area (Å²) >= 11 is 0. The number of ether oxygens (including phenoxy) is 1. The molecule has 1 fully saturated rings. The molecule has 0 aromatic carbocycles. The number of nitrogens with zero attached hydrogens (tertiary/aromatic N) is 1. The summed E-state index contributed by atoms with van der Waals surface area (Å²) < 4.78 is 5.70. The fourth-order valence-electron chi connectivity index (χ4n) is 2.26. The van der Waals surface area contributed by atoms with Gasteiger partial charge in [-0.15, -0.1) is 0 Å². The molecule has 1 aliphatic heterocycles. The van der Waals surface area contributed by atoms with Crippen LogP contribution in [0.5, 0.6) is 0 Å². The first kappa shape index (κ1) is 12.5. The lowest BCUT2D eigenvalue weighted by Gasteiger charge is -2.22. The van der Waals surface area contributed by atoms with Gasteiger partial charge in [-0.05, 0) is 62.4 Å². The van der Waals surface area contributed by atoms with Gasteiger partial charge in [0.15, 0.2) is 0 Å². The molecule has 1 N–H and O–H groups in total. The molecule has 1 saturated heterocycles. The zero-order valence-electron chi connectivity index (χ0n) is 10.4. The third-order valence-electron chi connectivity index (χ3n) is 3.41.